The minimum atomic E-state index is -0.382. The van der Waals surface area contributed by atoms with Crippen molar-refractivity contribution in [1.29, 1.82) is 0 Å². The van der Waals surface area contributed by atoms with E-state index in [4.69, 9.17) is 5.73 Å². The Morgan fingerprint density at radius 3 is 2.44 bits per heavy atom. The normalized spacial score (nSPS) is 14.1. The van der Waals surface area contributed by atoms with Crippen molar-refractivity contribution < 1.29 is 9.18 Å². The van der Waals surface area contributed by atoms with Crippen molar-refractivity contribution in [2.45, 2.75) is 6.92 Å². The molecule has 1 aliphatic rings. The predicted octanol–water partition coefficient (Wildman–Crippen LogP) is 3.04. The van der Waals surface area contributed by atoms with Crippen LogP contribution in [0.3, 0.4) is 0 Å². The van der Waals surface area contributed by atoms with Gasteiger partial charge in [-0.2, -0.15) is 0 Å². The third-order valence-electron chi connectivity index (χ3n) is 4.41. The molecular formula is C18H24Cl2FN5O. The lowest BCUT2D eigenvalue weighted by Gasteiger charge is -2.35. The van der Waals surface area contributed by atoms with Crippen molar-refractivity contribution in [3.05, 3.63) is 47.9 Å². The third-order valence-corrected chi connectivity index (χ3v) is 4.41. The second-order valence-corrected chi connectivity index (χ2v) is 6.01. The Hall–Kier alpha value is -2.09. The van der Waals surface area contributed by atoms with Crippen LogP contribution >= 0.6 is 24.8 Å². The molecule has 1 saturated heterocycles. The molecule has 0 aliphatic carbocycles. The van der Waals surface area contributed by atoms with Gasteiger partial charge in [0.25, 0.3) is 5.91 Å². The summed E-state index contributed by atoms with van der Waals surface area (Å²) in [4.78, 5) is 20.5. The van der Waals surface area contributed by atoms with E-state index < -0.39 is 0 Å². The second kappa shape index (κ2) is 10.3. The quantitative estimate of drug-likeness (QED) is 0.802. The van der Waals surface area contributed by atoms with E-state index >= 15 is 0 Å². The molecule has 3 N–H and O–H groups in total. The minimum absolute atomic E-state index is 0. The third kappa shape index (κ3) is 5.69. The van der Waals surface area contributed by atoms with Gasteiger partial charge in [-0.25, -0.2) is 9.37 Å². The van der Waals surface area contributed by atoms with E-state index in [9.17, 15) is 9.18 Å². The van der Waals surface area contributed by atoms with Crippen LogP contribution in [0.2, 0.25) is 0 Å². The number of halogens is 3. The number of nitrogens with one attached hydrogen (secondary N) is 1. The fourth-order valence-corrected chi connectivity index (χ4v) is 2.89. The Morgan fingerprint density at radius 2 is 1.89 bits per heavy atom. The summed E-state index contributed by atoms with van der Waals surface area (Å²) in [5.41, 5.74) is 6.84. The average molecular weight is 416 g/mol. The van der Waals surface area contributed by atoms with Crippen LogP contribution in [0.15, 0.2) is 36.5 Å². The number of carbonyl (C=O) groups is 1. The van der Waals surface area contributed by atoms with Crippen LogP contribution in [-0.2, 0) is 0 Å². The Labute approximate surface area is 170 Å². The second-order valence-electron chi connectivity index (χ2n) is 6.01. The van der Waals surface area contributed by atoms with Gasteiger partial charge in [0.1, 0.15) is 11.6 Å². The van der Waals surface area contributed by atoms with Gasteiger partial charge in [0, 0.05) is 31.7 Å². The fraction of sp³-hybridized carbons (Fsp3) is 0.333. The highest BCUT2D eigenvalue weighted by atomic mass is 35.5. The van der Waals surface area contributed by atoms with Crippen LogP contribution in [0.4, 0.5) is 21.6 Å². The van der Waals surface area contributed by atoms with Gasteiger partial charge in [0.05, 0.1) is 17.6 Å². The van der Waals surface area contributed by atoms with Crippen molar-refractivity contribution in [3.63, 3.8) is 0 Å². The molecule has 1 fully saturated rings. The first-order valence-electron chi connectivity index (χ1n) is 8.36. The zero-order chi connectivity index (χ0) is 17.8. The lowest BCUT2D eigenvalue weighted by molar-refractivity contribution is 0.102. The van der Waals surface area contributed by atoms with Crippen LogP contribution < -0.4 is 16.0 Å². The molecule has 9 heteroatoms. The molecular weight excluding hydrogens is 392 g/mol. The average Bonchev–Trinajstić information content (AvgIpc) is 2.63. The highest BCUT2D eigenvalue weighted by Gasteiger charge is 2.19. The van der Waals surface area contributed by atoms with Gasteiger partial charge in [0.2, 0.25) is 0 Å². The van der Waals surface area contributed by atoms with Crippen LogP contribution in [-0.4, -0.2) is 48.5 Å². The largest absolute Gasteiger partial charge is 0.384 e. The molecule has 2 heterocycles. The van der Waals surface area contributed by atoms with Gasteiger partial charge < -0.3 is 20.9 Å². The maximum atomic E-state index is 14.5. The molecule has 1 aromatic carbocycles. The SMILES string of the molecule is CCN1CCN(c2ccc(C(=O)Nc3ccc(N)nc3)cc2F)CC1.Cl.Cl. The van der Waals surface area contributed by atoms with Gasteiger partial charge in [-0.3, -0.25) is 4.79 Å². The van der Waals surface area contributed by atoms with Crippen molar-refractivity contribution in [2.75, 3.05) is 48.7 Å². The number of aromatic nitrogens is 1. The Balaban J connectivity index is 0.00000182. The van der Waals surface area contributed by atoms with Crippen molar-refractivity contribution in [3.8, 4) is 0 Å². The number of amides is 1. The lowest BCUT2D eigenvalue weighted by Crippen LogP contribution is -2.46. The minimum Gasteiger partial charge on any atom is -0.384 e. The van der Waals surface area contributed by atoms with E-state index in [1.165, 1.54) is 12.3 Å². The van der Waals surface area contributed by atoms with E-state index in [1.54, 1.807) is 24.3 Å². The monoisotopic (exact) mass is 415 g/mol. The van der Waals surface area contributed by atoms with Gasteiger partial charge >= 0.3 is 0 Å². The number of nitrogens with zero attached hydrogens (tertiary/aromatic N) is 3. The van der Waals surface area contributed by atoms with E-state index in [2.05, 4.69) is 22.1 Å². The smallest absolute Gasteiger partial charge is 0.255 e. The summed E-state index contributed by atoms with van der Waals surface area (Å²) in [5.74, 6) is -0.391. The number of hydrogen-bond acceptors (Lipinski definition) is 5. The van der Waals surface area contributed by atoms with Gasteiger partial charge in [-0.15, -0.1) is 24.8 Å². The van der Waals surface area contributed by atoms with Crippen LogP contribution in [0.1, 0.15) is 17.3 Å². The first-order valence-corrected chi connectivity index (χ1v) is 8.36. The number of benzene rings is 1. The van der Waals surface area contributed by atoms with E-state index in [0.717, 1.165) is 32.7 Å². The van der Waals surface area contributed by atoms with Crippen molar-refractivity contribution in [1.82, 2.24) is 9.88 Å². The molecule has 1 aliphatic heterocycles. The number of likely N-dealkylation sites (N-methyl/N-ethyl adjacent to an activating group) is 1. The van der Waals surface area contributed by atoms with Crippen LogP contribution in [0.25, 0.3) is 0 Å². The summed E-state index contributed by atoms with van der Waals surface area (Å²) in [6.45, 7) is 6.54. The topological polar surface area (TPSA) is 74.5 Å². The number of nitrogens with two attached hydrogens (primary N) is 1. The fourth-order valence-electron chi connectivity index (χ4n) is 2.89. The summed E-state index contributed by atoms with van der Waals surface area (Å²) >= 11 is 0. The molecule has 6 nitrogen and oxygen atoms in total. The van der Waals surface area contributed by atoms with Gasteiger partial charge in [-0.1, -0.05) is 6.92 Å². The van der Waals surface area contributed by atoms with Gasteiger partial charge in [0.15, 0.2) is 0 Å². The molecule has 0 saturated carbocycles. The molecule has 27 heavy (non-hydrogen) atoms. The van der Waals surface area contributed by atoms with Crippen molar-refractivity contribution in [2.24, 2.45) is 0 Å². The molecule has 0 bridgehead atoms. The zero-order valence-corrected chi connectivity index (χ0v) is 16.7. The van der Waals surface area contributed by atoms with Crippen LogP contribution in [0, 0.1) is 5.82 Å². The van der Waals surface area contributed by atoms with Gasteiger partial charge in [-0.05, 0) is 36.9 Å². The summed E-state index contributed by atoms with van der Waals surface area (Å²) in [7, 11) is 0. The maximum Gasteiger partial charge on any atom is 0.255 e. The maximum absolute atomic E-state index is 14.5. The number of carbonyl (C=O) groups excluding carboxylic acids is 1. The number of hydrogen-bond donors (Lipinski definition) is 2. The molecule has 0 radical (unpaired) electrons. The summed E-state index contributed by atoms with van der Waals surface area (Å²) in [6, 6.07) is 7.84. The van der Waals surface area contributed by atoms with E-state index in [1.807, 2.05) is 4.90 Å². The summed E-state index contributed by atoms with van der Waals surface area (Å²) < 4.78 is 14.5. The molecule has 0 atom stereocenters. The van der Waals surface area contributed by atoms with E-state index in [-0.39, 0.29) is 42.1 Å². The number of pyridine rings is 1. The number of rotatable bonds is 4. The first-order chi connectivity index (χ1) is 12.1. The molecule has 0 spiro atoms. The van der Waals surface area contributed by atoms with E-state index in [0.29, 0.717) is 17.2 Å². The molecule has 1 aromatic heterocycles. The van der Waals surface area contributed by atoms with Crippen molar-refractivity contribution >= 4 is 47.9 Å². The molecule has 2 aromatic rings. The highest BCUT2D eigenvalue weighted by Crippen LogP contribution is 2.22. The predicted molar refractivity (Wildman–Crippen MR) is 112 cm³/mol. The Kier molecular flexibility index (Phi) is 8.75. The number of anilines is 3. The summed E-state index contributed by atoms with van der Waals surface area (Å²) in [5, 5.41) is 2.68. The molecule has 3 rings (SSSR count). The number of piperazine rings is 1. The standard InChI is InChI=1S/C18H22FN5O.2ClH/c1-2-23-7-9-24(10-8-23)16-5-3-13(11-15(16)19)18(25)22-14-4-6-17(20)21-12-14;;/h3-6,11-12H,2,7-10H2,1H3,(H2,20,21)(H,22,25);2*1H. The Bertz CT molecular complexity index is 752. The zero-order valence-electron chi connectivity index (χ0n) is 15.0. The number of nitrogen functional groups attached to an aromatic ring is 1. The Morgan fingerprint density at radius 1 is 1.19 bits per heavy atom. The first kappa shape index (κ1) is 23.0. The molecule has 1 amide bonds. The van der Waals surface area contributed by atoms with Crippen LogP contribution in [0.5, 0.6) is 0 Å². The molecule has 0 unspecified atom stereocenters. The summed E-state index contributed by atoms with van der Waals surface area (Å²) in [6.07, 6.45) is 1.46. The lowest BCUT2D eigenvalue weighted by atomic mass is 10.1. The molecule has 148 valence electrons. The highest BCUT2D eigenvalue weighted by molar-refractivity contribution is 6.04.